The highest BCUT2D eigenvalue weighted by Gasteiger charge is 2.17. The van der Waals surface area contributed by atoms with E-state index >= 15 is 0 Å². The van der Waals surface area contributed by atoms with Gasteiger partial charge in [-0.05, 0) is 24.7 Å². The van der Waals surface area contributed by atoms with Gasteiger partial charge in [0.25, 0.3) is 0 Å². The van der Waals surface area contributed by atoms with Crippen molar-refractivity contribution in [2.45, 2.75) is 71.5 Å². The standard InChI is InChI=1S/2C6H13NO2.C5H10N2O3/c1-4(2)3-5(7)6(8)9;1-3-4(2)5(7)6(8)9;6-3(5(9)10)1-2-4(7)8/h2*4-5H,3,7H2,1-2H3,(H,8,9);3H,1-2,6H2,(H2,7,8)(H,9,10). The molecule has 1 amide bonds. The summed E-state index contributed by atoms with van der Waals surface area (Å²) in [4.78, 5) is 40.4. The predicted molar refractivity (Wildman–Crippen MR) is 104 cm³/mol. The second-order valence-electron chi connectivity index (χ2n) is 6.77. The lowest BCUT2D eigenvalue weighted by atomic mass is 10.0. The van der Waals surface area contributed by atoms with Crippen LogP contribution in [0.2, 0.25) is 0 Å². The van der Waals surface area contributed by atoms with Gasteiger partial charge in [-0.3, -0.25) is 19.2 Å². The molecule has 0 aromatic heterocycles. The molecule has 28 heavy (non-hydrogen) atoms. The molecule has 0 heterocycles. The Balaban J connectivity index is -0.000000336. The van der Waals surface area contributed by atoms with E-state index in [2.05, 4.69) is 0 Å². The van der Waals surface area contributed by atoms with Crippen LogP contribution in [0.5, 0.6) is 0 Å². The highest BCUT2D eigenvalue weighted by molar-refractivity contribution is 5.77. The van der Waals surface area contributed by atoms with Gasteiger partial charge < -0.3 is 38.3 Å². The summed E-state index contributed by atoms with van der Waals surface area (Å²) in [5.74, 6) is -3.04. The molecule has 0 aliphatic carbocycles. The van der Waals surface area contributed by atoms with Gasteiger partial charge in [-0.15, -0.1) is 0 Å². The Kier molecular flexibility index (Phi) is 18.4. The van der Waals surface area contributed by atoms with Crippen molar-refractivity contribution < 1.29 is 34.5 Å². The minimum Gasteiger partial charge on any atom is -0.480 e. The molecule has 0 aromatic carbocycles. The van der Waals surface area contributed by atoms with Crippen molar-refractivity contribution in [2.75, 3.05) is 0 Å². The fourth-order valence-corrected chi connectivity index (χ4v) is 1.53. The monoisotopic (exact) mass is 408 g/mol. The summed E-state index contributed by atoms with van der Waals surface area (Å²) >= 11 is 0. The van der Waals surface area contributed by atoms with Crippen LogP contribution in [0.1, 0.15) is 53.4 Å². The number of aliphatic carboxylic acids is 3. The second-order valence-corrected chi connectivity index (χ2v) is 6.77. The van der Waals surface area contributed by atoms with Crippen molar-refractivity contribution in [3.05, 3.63) is 0 Å². The fraction of sp³-hybridized carbons (Fsp3) is 0.765. The van der Waals surface area contributed by atoms with Crippen LogP contribution in [-0.2, 0) is 19.2 Å². The molecular formula is C17H36N4O7. The van der Waals surface area contributed by atoms with Gasteiger partial charge in [-0.25, -0.2) is 0 Å². The van der Waals surface area contributed by atoms with Crippen LogP contribution < -0.4 is 22.9 Å². The van der Waals surface area contributed by atoms with E-state index < -0.39 is 41.9 Å². The lowest BCUT2D eigenvalue weighted by molar-refractivity contribution is -0.140. The molecule has 0 bridgehead atoms. The Morgan fingerprint density at radius 3 is 1.43 bits per heavy atom. The zero-order valence-electron chi connectivity index (χ0n) is 17.0. The molecule has 0 aliphatic heterocycles. The van der Waals surface area contributed by atoms with Crippen molar-refractivity contribution in [1.29, 1.82) is 0 Å². The molecule has 11 N–H and O–H groups in total. The number of hydrogen-bond acceptors (Lipinski definition) is 7. The molecule has 11 heteroatoms. The smallest absolute Gasteiger partial charge is 0.320 e. The van der Waals surface area contributed by atoms with Crippen molar-refractivity contribution in [3.8, 4) is 0 Å². The minimum absolute atomic E-state index is 0.0213. The third-order valence-electron chi connectivity index (χ3n) is 3.60. The van der Waals surface area contributed by atoms with Crippen LogP contribution in [0.25, 0.3) is 0 Å². The number of rotatable bonds is 10. The van der Waals surface area contributed by atoms with E-state index in [9.17, 15) is 19.2 Å². The molecule has 4 unspecified atom stereocenters. The maximum absolute atomic E-state index is 10.2. The van der Waals surface area contributed by atoms with Crippen molar-refractivity contribution in [1.82, 2.24) is 0 Å². The summed E-state index contributed by atoms with van der Waals surface area (Å²) in [5.41, 5.74) is 20.3. The van der Waals surface area contributed by atoms with Gasteiger partial charge in [0.15, 0.2) is 0 Å². The van der Waals surface area contributed by atoms with Crippen LogP contribution in [0, 0.1) is 11.8 Å². The van der Waals surface area contributed by atoms with Gasteiger partial charge in [0.2, 0.25) is 5.91 Å². The zero-order chi connectivity index (χ0) is 23.0. The van der Waals surface area contributed by atoms with Gasteiger partial charge >= 0.3 is 17.9 Å². The molecule has 0 rings (SSSR count). The van der Waals surface area contributed by atoms with E-state index in [1.165, 1.54) is 0 Å². The third kappa shape index (κ3) is 20.1. The van der Waals surface area contributed by atoms with Crippen LogP contribution in [0.15, 0.2) is 0 Å². The number of carbonyl (C=O) groups is 4. The first-order valence-corrected chi connectivity index (χ1v) is 8.90. The average Bonchev–Trinajstić information content (AvgIpc) is 2.58. The molecule has 4 atom stereocenters. The normalized spacial score (nSPS) is 14.3. The van der Waals surface area contributed by atoms with Gasteiger partial charge in [0.1, 0.15) is 18.1 Å². The molecule has 0 saturated heterocycles. The van der Waals surface area contributed by atoms with Crippen molar-refractivity contribution in [3.63, 3.8) is 0 Å². The topological polar surface area (TPSA) is 233 Å². The number of nitrogens with two attached hydrogens (primary N) is 4. The van der Waals surface area contributed by atoms with E-state index in [1.54, 1.807) is 0 Å². The number of carboxylic acids is 3. The Morgan fingerprint density at radius 1 is 0.821 bits per heavy atom. The summed E-state index contributed by atoms with van der Waals surface area (Å²) in [6.07, 6.45) is 1.49. The quantitative estimate of drug-likeness (QED) is 0.246. The summed E-state index contributed by atoms with van der Waals surface area (Å²) in [6, 6.07) is -2.37. The number of carbonyl (C=O) groups excluding carboxylic acids is 1. The molecular weight excluding hydrogens is 372 g/mol. The van der Waals surface area contributed by atoms with E-state index in [0.29, 0.717) is 12.3 Å². The highest BCUT2D eigenvalue weighted by atomic mass is 16.4. The largest absolute Gasteiger partial charge is 0.480 e. The first-order valence-electron chi connectivity index (χ1n) is 8.90. The molecule has 0 saturated carbocycles. The van der Waals surface area contributed by atoms with E-state index in [1.807, 2.05) is 27.7 Å². The average molecular weight is 408 g/mol. The number of primary amides is 1. The molecule has 166 valence electrons. The molecule has 11 nitrogen and oxygen atoms in total. The maximum atomic E-state index is 10.2. The van der Waals surface area contributed by atoms with E-state index in [0.717, 1.165) is 6.42 Å². The highest BCUT2D eigenvalue weighted by Crippen LogP contribution is 2.04. The Labute approximate surface area is 165 Å². The van der Waals surface area contributed by atoms with Crippen molar-refractivity contribution >= 4 is 23.8 Å². The summed E-state index contributed by atoms with van der Waals surface area (Å²) in [7, 11) is 0. The fourth-order valence-electron chi connectivity index (χ4n) is 1.53. The summed E-state index contributed by atoms with van der Waals surface area (Å²) < 4.78 is 0. The van der Waals surface area contributed by atoms with Gasteiger partial charge in [-0.2, -0.15) is 0 Å². The van der Waals surface area contributed by atoms with Crippen LogP contribution in [0.4, 0.5) is 0 Å². The SMILES string of the molecule is CC(C)CC(N)C(=O)O.CCC(C)C(N)C(=O)O.NC(=O)CCC(N)C(=O)O. The Bertz CT molecular complexity index is 486. The number of carboxylic acid groups (broad SMARTS) is 3. The minimum atomic E-state index is -1.11. The van der Waals surface area contributed by atoms with Crippen LogP contribution >= 0.6 is 0 Å². The lowest BCUT2D eigenvalue weighted by Gasteiger charge is -2.11. The van der Waals surface area contributed by atoms with Crippen LogP contribution in [-0.4, -0.2) is 57.3 Å². The number of hydrogen-bond donors (Lipinski definition) is 7. The van der Waals surface area contributed by atoms with E-state index in [4.69, 9.17) is 38.3 Å². The summed E-state index contributed by atoms with van der Waals surface area (Å²) in [5, 5.41) is 24.9. The number of amides is 1. The van der Waals surface area contributed by atoms with Crippen LogP contribution in [0.3, 0.4) is 0 Å². The zero-order valence-corrected chi connectivity index (χ0v) is 17.0. The predicted octanol–water partition coefficient (Wildman–Crippen LogP) is -0.447. The van der Waals surface area contributed by atoms with E-state index in [-0.39, 0.29) is 18.8 Å². The van der Waals surface area contributed by atoms with Gasteiger partial charge in [0, 0.05) is 6.42 Å². The van der Waals surface area contributed by atoms with Gasteiger partial charge in [0.05, 0.1) is 0 Å². The first kappa shape index (κ1) is 30.5. The Morgan fingerprint density at radius 2 is 1.25 bits per heavy atom. The maximum Gasteiger partial charge on any atom is 0.320 e. The second kappa shape index (κ2) is 16.9. The molecule has 0 aromatic rings. The molecule has 0 radical (unpaired) electrons. The Hall–Kier alpha value is -2.24. The third-order valence-corrected chi connectivity index (χ3v) is 3.60. The molecule has 0 aliphatic rings. The summed E-state index contributed by atoms with van der Waals surface area (Å²) in [6.45, 7) is 7.65. The van der Waals surface area contributed by atoms with Crippen molar-refractivity contribution in [2.24, 2.45) is 34.8 Å². The molecule has 0 spiro atoms. The van der Waals surface area contributed by atoms with Gasteiger partial charge in [-0.1, -0.05) is 34.1 Å². The lowest BCUT2D eigenvalue weighted by Crippen LogP contribution is -2.36. The first-order chi connectivity index (χ1) is 12.7. The molecule has 0 fully saturated rings.